The summed E-state index contributed by atoms with van der Waals surface area (Å²) in [7, 11) is 0. The second kappa shape index (κ2) is 54.5. The van der Waals surface area contributed by atoms with E-state index in [1.165, 1.54) is 135 Å². The molecule has 1 unspecified atom stereocenters. The van der Waals surface area contributed by atoms with Crippen molar-refractivity contribution in [2.75, 3.05) is 13.2 Å². The number of carbonyl (C=O) groups is 3. The van der Waals surface area contributed by atoms with E-state index in [2.05, 4.69) is 93.7 Å². The highest BCUT2D eigenvalue weighted by atomic mass is 16.6. The van der Waals surface area contributed by atoms with Crippen LogP contribution in [0.4, 0.5) is 0 Å². The molecule has 0 aliphatic heterocycles. The van der Waals surface area contributed by atoms with E-state index in [1.807, 2.05) is 0 Å². The number of ether oxygens (including phenoxy) is 3. The number of hydrogen-bond donors (Lipinski definition) is 0. The average molecular weight is 921 g/mol. The third-order valence-electron chi connectivity index (χ3n) is 12.0. The maximum absolute atomic E-state index is 12.8. The molecule has 0 saturated heterocycles. The summed E-state index contributed by atoms with van der Waals surface area (Å²) in [4.78, 5) is 38.0. The fraction of sp³-hybridized carbons (Fsp3) is 0.750. The molecule has 0 aliphatic rings. The SMILES string of the molecule is CC/C=C\C/C=C\C/C=C\C/C=C\C/C=C\C/C=C\CCCCC(=O)OCC(COC(=O)CCCCCCCCCCC)OC(=O)CCCCCCCCCCCCCCCCCCCC. The molecule has 0 amide bonds. The van der Waals surface area contributed by atoms with Gasteiger partial charge in [-0.3, -0.25) is 14.4 Å². The lowest BCUT2D eigenvalue weighted by Crippen LogP contribution is -2.30. The third-order valence-corrected chi connectivity index (χ3v) is 12.0. The molecule has 6 heteroatoms. The Labute approximate surface area is 408 Å². The summed E-state index contributed by atoms with van der Waals surface area (Å²) in [6, 6.07) is 0. The minimum absolute atomic E-state index is 0.0862. The number of esters is 3. The number of hydrogen-bond acceptors (Lipinski definition) is 6. The van der Waals surface area contributed by atoms with Crippen LogP contribution in [0.3, 0.4) is 0 Å². The van der Waals surface area contributed by atoms with E-state index < -0.39 is 6.10 Å². The van der Waals surface area contributed by atoms with Crippen LogP contribution in [0.1, 0.15) is 271 Å². The molecule has 0 bridgehead atoms. The van der Waals surface area contributed by atoms with Crippen molar-refractivity contribution in [2.24, 2.45) is 0 Å². The van der Waals surface area contributed by atoms with Gasteiger partial charge in [-0.05, 0) is 70.6 Å². The fourth-order valence-corrected chi connectivity index (χ4v) is 7.80. The van der Waals surface area contributed by atoms with Gasteiger partial charge in [0.05, 0.1) is 0 Å². The highest BCUT2D eigenvalue weighted by Crippen LogP contribution is 2.16. The number of allylic oxidation sites excluding steroid dienone is 12. The molecule has 0 N–H and O–H groups in total. The second-order valence-electron chi connectivity index (χ2n) is 18.5. The summed E-state index contributed by atoms with van der Waals surface area (Å²) < 4.78 is 16.8. The van der Waals surface area contributed by atoms with Gasteiger partial charge in [-0.1, -0.05) is 254 Å². The van der Waals surface area contributed by atoms with Crippen molar-refractivity contribution < 1.29 is 28.6 Å². The first-order valence-electron chi connectivity index (χ1n) is 27.9. The zero-order valence-electron chi connectivity index (χ0n) is 43.4. The Balaban J connectivity index is 4.36. The van der Waals surface area contributed by atoms with Gasteiger partial charge >= 0.3 is 17.9 Å². The molecule has 0 aromatic rings. The van der Waals surface area contributed by atoms with Gasteiger partial charge in [0.15, 0.2) is 6.10 Å². The normalized spacial score (nSPS) is 12.6. The van der Waals surface area contributed by atoms with E-state index in [9.17, 15) is 14.4 Å². The van der Waals surface area contributed by atoms with Crippen LogP contribution < -0.4 is 0 Å². The summed E-state index contributed by atoms with van der Waals surface area (Å²) in [6.07, 6.45) is 69.0. The number of carbonyl (C=O) groups excluding carboxylic acids is 3. The molecule has 0 rings (SSSR count). The molecular formula is C60H104O6. The van der Waals surface area contributed by atoms with Crippen LogP contribution in [0.2, 0.25) is 0 Å². The van der Waals surface area contributed by atoms with Gasteiger partial charge in [-0.2, -0.15) is 0 Å². The third kappa shape index (κ3) is 51.8. The van der Waals surface area contributed by atoms with E-state index >= 15 is 0 Å². The monoisotopic (exact) mass is 921 g/mol. The van der Waals surface area contributed by atoms with Gasteiger partial charge in [0.25, 0.3) is 0 Å². The largest absolute Gasteiger partial charge is 0.462 e. The molecule has 0 aliphatic carbocycles. The highest BCUT2D eigenvalue weighted by Gasteiger charge is 2.19. The first-order chi connectivity index (χ1) is 32.5. The van der Waals surface area contributed by atoms with Gasteiger partial charge in [-0.15, -0.1) is 0 Å². The molecule has 0 aromatic carbocycles. The molecule has 0 fully saturated rings. The van der Waals surface area contributed by atoms with Gasteiger partial charge in [0.2, 0.25) is 0 Å². The molecule has 1 atom stereocenters. The van der Waals surface area contributed by atoms with E-state index in [0.29, 0.717) is 19.3 Å². The summed E-state index contributed by atoms with van der Waals surface area (Å²) in [5, 5.41) is 0. The Morgan fingerprint density at radius 1 is 0.318 bits per heavy atom. The molecular weight excluding hydrogens is 817 g/mol. The van der Waals surface area contributed by atoms with Crippen LogP contribution in [-0.2, 0) is 28.6 Å². The molecule has 66 heavy (non-hydrogen) atoms. The Morgan fingerprint density at radius 2 is 0.591 bits per heavy atom. The molecule has 0 aromatic heterocycles. The highest BCUT2D eigenvalue weighted by molar-refractivity contribution is 5.71. The first kappa shape index (κ1) is 62.8. The van der Waals surface area contributed by atoms with Crippen molar-refractivity contribution >= 4 is 17.9 Å². The van der Waals surface area contributed by atoms with Crippen LogP contribution >= 0.6 is 0 Å². The molecule has 0 saturated carbocycles. The van der Waals surface area contributed by atoms with E-state index in [-0.39, 0.29) is 31.1 Å². The van der Waals surface area contributed by atoms with Crippen molar-refractivity contribution in [1.29, 1.82) is 0 Å². The standard InChI is InChI=1S/C60H104O6/c1-4-7-10-13-16-19-21-23-25-27-29-30-31-33-34-36-38-41-44-47-50-53-59(62)65-56-57(55-64-58(61)52-49-46-43-40-18-15-12-9-6-3)66-60(63)54-51-48-45-42-39-37-35-32-28-26-24-22-20-17-14-11-8-5-2/h7,10,16,19,23,25,29-30,33-34,38,41,57H,4-6,8-9,11-15,17-18,20-22,24,26-28,31-32,35-37,39-40,42-56H2,1-3H3/b10-7-,19-16-,25-23-,30-29-,34-33-,41-38-. The van der Waals surface area contributed by atoms with E-state index in [0.717, 1.165) is 96.3 Å². The summed E-state index contributed by atoms with van der Waals surface area (Å²) in [6.45, 7) is 6.49. The molecule has 0 spiro atoms. The van der Waals surface area contributed by atoms with Crippen molar-refractivity contribution in [2.45, 2.75) is 277 Å². The van der Waals surface area contributed by atoms with Crippen molar-refractivity contribution in [1.82, 2.24) is 0 Å². The summed E-state index contributed by atoms with van der Waals surface area (Å²) >= 11 is 0. The first-order valence-corrected chi connectivity index (χ1v) is 27.9. The maximum atomic E-state index is 12.8. The van der Waals surface area contributed by atoms with E-state index in [4.69, 9.17) is 14.2 Å². The quantitative estimate of drug-likeness (QED) is 0.0262. The topological polar surface area (TPSA) is 78.9 Å². The molecule has 0 heterocycles. The van der Waals surface area contributed by atoms with Crippen LogP contribution in [-0.4, -0.2) is 37.2 Å². The Bertz CT molecular complexity index is 1240. The van der Waals surface area contributed by atoms with Gasteiger partial charge < -0.3 is 14.2 Å². The van der Waals surface area contributed by atoms with E-state index in [1.54, 1.807) is 0 Å². The van der Waals surface area contributed by atoms with Crippen molar-refractivity contribution in [3.05, 3.63) is 72.9 Å². The lowest BCUT2D eigenvalue weighted by Gasteiger charge is -2.18. The second-order valence-corrected chi connectivity index (χ2v) is 18.5. The Morgan fingerprint density at radius 3 is 0.924 bits per heavy atom. The van der Waals surface area contributed by atoms with Crippen LogP contribution in [0, 0.1) is 0 Å². The smallest absolute Gasteiger partial charge is 0.306 e. The van der Waals surface area contributed by atoms with Gasteiger partial charge in [0, 0.05) is 19.3 Å². The minimum Gasteiger partial charge on any atom is -0.462 e. The van der Waals surface area contributed by atoms with Gasteiger partial charge in [0.1, 0.15) is 13.2 Å². The molecule has 0 radical (unpaired) electrons. The Kier molecular flexibility index (Phi) is 51.9. The number of rotatable bonds is 50. The fourth-order valence-electron chi connectivity index (χ4n) is 7.80. The number of unbranched alkanes of at least 4 members (excludes halogenated alkanes) is 27. The predicted molar refractivity (Wildman–Crippen MR) is 284 cm³/mol. The van der Waals surface area contributed by atoms with Gasteiger partial charge in [-0.25, -0.2) is 0 Å². The maximum Gasteiger partial charge on any atom is 0.306 e. The van der Waals surface area contributed by atoms with Crippen LogP contribution in [0.5, 0.6) is 0 Å². The summed E-state index contributed by atoms with van der Waals surface area (Å²) in [5.41, 5.74) is 0. The lowest BCUT2D eigenvalue weighted by molar-refractivity contribution is -0.167. The van der Waals surface area contributed by atoms with Crippen LogP contribution in [0.15, 0.2) is 72.9 Å². The molecule has 380 valence electrons. The zero-order valence-corrected chi connectivity index (χ0v) is 43.4. The zero-order chi connectivity index (χ0) is 47.9. The lowest BCUT2D eigenvalue weighted by atomic mass is 10.0. The average Bonchev–Trinajstić information content (AvgIpc) is 3.31. The van der Waals surface area contributed by atoms with Crippen molar-refractivity contribution in [3.8, 4) is 0 Å². The molecule has 6 nitrogen and oxygen atoms in total. The predicted octanol–water partition coefficient (Wildman–Crippen LogP) is 18.6. The van der Waals surface area contributed by atoms with Crippen molar-refractivity contribution in [3.63, 3.8) is 0 Å². The minimum atomic E-state index is -0.789. The summed E-state index contributed by atoms with van der Waals surface area (Å²) in [5.74, 6) is -0.926. The Hall–Kier alpha value is -3.15. The van der Waals surface area contributed by atoms with Crippen LogP contribution in [0.25, 0.3) is 0 Å².